The first-order valence-corrected chi connectivity index (χ1v) is 27.8. The molecule has 0 heterocycles. The minimum atomic E-state index is -0.520. The molecule has 80 heavy (non-hydrogen) atoms. The molecule has 1 aliphatic carbocycles. The molecule has 0 spiro atoms. The van der Waals surface area contributed by atoms with Crippen molar-refractivity contribution in [1.29, 1.82) is 0 Å². The summed E-state index contributed by atoms with van der Waals surface area (Å²) in [6.45, 7) is 14.7. The van der Waals surface area contributed by atoms with E-state index >= 15 is 0 Å². The maximum atomic E-state index is 13.6. The first-order valence-electron chi connectivity index (χ1n) is 27.8. The van der Waals surface area contributed by atoms with Crippen LogP contribution in [-0.2, 0) is 52.6 Å². The Bertz CT molecular complexity index is 2920. The zero-order valence-corrected chi connectivity index (χ0v) is 46.0. The minimum Gasteiger partial charge on any atom is -0.494 e. The molecule has 0 fully saturated rings. The van der Waals surface area contributed by atoms with Gasteiger partial charge in [0, 0.05) is 24.6 Å². The van der Waals surface area contributed by atoms with Crippen molar-refractivity contribution in [3.05, 3.63) is 162 Å². The van der Waals surface area contributed by atoms with Crippen LogP contribution in [0, 0.1) is 0 Å². The summed E-state index contributed by atoms with van der Waals surface area (Å²) in [5.41, 5.74) is 3.77. The smallest absolute Gasteiger partial charge is 0.343 e. The van der Waals surface area contributed by atoms with Gasteiger partial charge in [0.15, 0.2) is 11.5 Å². The second kappa shape index (κ2) is 33.3. The molecule has 1 unspecified atom stereocenters. The maximum Gasteiger partial charge on any atom is 0.343 e. The van der Waals surface area contributed by atoms with Crippen molar-refractivity contribution in [2.45, 2.75) is 122 Å². The van der Waals surface area contributed by atoms with Gasteiger partial charge in [0.1, 0.15) is 23.4 Å². The topological polar surface area (TPSA) is 185 Å². The van der Waals surface area contributed by atoms with Crippen LogP contribution in [0.15, 0.2) is 129 Å². The van der Waals surface area contributed by atoms with Gasteiger partial charge >= 0.3 is 35.8 Å². The van der Waals surface area contributed by atoms with Gasteiger partial charge in [0.25, 0.3) is 0 Å². The zero-order valence-electron chi connectivity index (χ0n) is 46.0. The van der Waals surface area contributed by atoms with Crippen LogP contribution in [-0.4, -0.2) is 81.6 Å². The molecule has 5 aromatic rings. The highest BCUT2D eigenvalue weighted by atomic mass is 16.6. The standard InChI is InChI=1S/C65H74O15/c1-5-21-50-44-56(79-63(69)51-24-22-48-42-54(29-26-46(48)40-51)72-34-15-9-12-18-37-75-60(66)6-2)31-33-57(50)80-65(71)52-25-23-49-43-55(30-27-47(49)41-52)78-64(70)53-28-32-58(73-35-16-10-13-19-38-76-61(67)7-3)59(45-53)74-36-17-11-14-20-39-77-62(68)8-4/h6-8,22-26,28-29,31-33,40-42,44-45,55H,2-5,9-21,27,30,34-39,43H2,1H3. The SMILES string of the molecule is C=CC(=O)OCCCCCCOc1ccc2cc(C(=O)Oc3ccc(OC(=O)c4ccc5c(c4)CCC(OC(=O)c4ccc(OCCCCCCOC(=O)C=C)c(OCCCCCCOC(=O)C=C)c4)C5)c(CCC)c3)ccc2c1. The molecule has 0 N–H and O–H groups in total. The van der Waals surface area contributed by atoms with Crippen LogP contribution in [0.1, 0.15) is 145 Å². The summed E-state index contributed by atoms with van der Waals surface area (Å²) >= 11 is 0. The average molecular weight is 1100 g/mol. The third-order valence-corrected chi connectivity index (χ3v) is 13.2. The summed E-state index contributed by atoms with van der Waals surface area (Å²) < 4.78 is 51.2. The highest BCUT2D eigenvalue weighted by Crippen LogP contribution is 2.33. The second-order valence-electron chi connectivity index (χ2n) is 19.3. The Hall–Kier alpha value is -8.20. The summed E-state index contributed by atoms with van der Waals surface area (Å²) in [5, 5.41) is 1.78. The third kappa shape index (κ3) is 20.2. The lowest BCUT2D eigenvalue weighted by atomic mass is 9.88. The van der Waals surface area contributed by atoms with E-state index < -0.39 is 35.8 Å². The monoisotopic (exact) mass is 1090 g/mol. The number of unbranched alkanes of at least 4 members (excludes halogenated alkanes) is 9. The summed E-state index contributed by atoms with van der Waals surface area (Å²) in [6.07, 6.45) is 16.0. The third-order valence-electron chi connectivity index (χ3n) is 13.2. The number of esters is 6. The van der Waals surface area contributed by atoms with E-state index in [0.29, 0.717) is 105 Å². The molecule has 1 atom stereocenters. The molecule has 6 rings (SSSR count). The number of aryl methyl sites for hydroxylation is 2. The molecule has 0 saturated heterocycles. The van der Waals surface area contributed by atoms with Gasteiger partial charge in [0.2, 0.25) is 0 Å². The first kappa shape index (κ1) is 61.0. The summed E-state index contributed by atoms with van der Waals surface area (Å²) in [6, 6.07) is 26.6. The van der Waals surface area contributed by atoms with Gasteiger partial charge in [-0.3, -0.25) is 0 Å². The van der Waals surface area contributed by atoms with Crippen LogP contribution >= 0.6 is 0 Å². The van der Waals surface area contributed by atoms with Crippen molar-refractivity contribution >= 4 is 46.6 Å². The van der Waals surface area contributed by atoms with Gasteiger partial charge in [-0.2, -0.15) is 0 Å². The van der Waals surface area contributed by atoms with Crippen molar-refractivity contribution in [2.24, 2.45) is 0 Å². The number of hydrogen-bond acceptors (Lipinski definition) is 15. The van der Waals surface area contributed by atoms with Crippen LogP contribution in [0.5, 0.6) is 28.7 Å². The molecule has 1 aliphatic rings. The number of carbonyl (C=O) groups excluding carboxylic acids is 6. The quantitative estimate of drug-likeness (QED) is 0.0123. The van der Waals surface area contributed by atoms with E-state index in [0.717, 1.165) is 135 Å². The number of ether oxygens (including phenoxy) is 9. The average Bonchev–Trinajstić information content (AvgIpc) is 3.47. The summed E-state index contributed by atoms with van der Waals surface area (Å²) in [4.78, 5) is 74.4. The van der Waals surface area contributed by atoms with Crippen LogP contribution < -0.4 is 23.7 Å². The largest absolute Gasteiger partial charge is 0.494 e. The fraction of sp³-hybridized carbons (Fsp3) is 0.385. The molecule has 0 amide bonds. The molecular formula is C65H74O15. The van der Waals surface area contributed by atoms with Gasteiger partial charge < -0.3 is 42.6 Å². The lowest BCUT2D eigenvalue weighted by molar-refractivity contribution is -0.138. The molecule has 0 aromatic heterocycles. The van der Waals surface area contributed by atoms with E-state index in [1.165, 1.54) is 0 Å². The Morgan fingerprint density at radius 3 is 1.59 bits per heavy atom. The predicted molar refractivity (Wildman–Crippen MR) is 304 cm³/mol. The fourth-order valence-electron chi connectivity index (χ4n) is 8.91. The summed E-state index contributed by atoms with van der Waals surface area (Å²) in [7, 11) is 0. The normalized spacial score (nSPS) is 12.5. The predicted octanol–water partition coefficient (Wildman–Crippen LogP) is 13.0. The minimum absolute atomic E-state index is 0.329. The van der Waals surface area contributed by atoms with Gasteiger partial charge in [-0.25, -0.2) is 28.8 Å². The zero-order chi connectivity index (χ0) is 56.9. The van der Waals surface area contributed by atoms with E-state index in [9.17, 15) is 28.8 Å². The Kier molecular flexibility index (Phi) is 25.4. The highest BCUT2D eigenvalue weighted by Gasteiger charge is 2.25. The molecule has 0 bridgehead atoms. The van der Waals surface area contributed by atoms with Gasteiger partial charge in [0.05, 0.1) is 56.3 Å². The van der Waals surface area contributed by atoms with E-state index in [4.69, 9.17) is 42.6 Å². The number of fused-ring (bicyclic) bond motifs is 2. The lowest BCUT2D eigenvalue weighted by Crippen LogP contribution is -2.26. The van der Waals surface area contributed by atoms with Gasteiger partial charge in [-0.05, 0) is 197 Å². The highest BCUT2D eigenvalue weighted by molar-refractivity contribution is 5.97. The van der Waals surface area contributed by atoms with Crippen LogP contribution in [0.25, 0.3) is 10.8 Å². The maximum absolute atomic E-state index is 13.6. The number of carbonyl (C=O) groups is 6. The summed E-state index contributed by atoms with van der Waals surface area (Å²) in [5.74, 6) is -0.402. The van der Waals surface area contributed by atoms with Gasteiger partial charge in [-0.15, -0.1) is 0 Å². The Morgan fingerprint density at radius 2 is 0.963 bits per heavy atom. The Morgan fingerprint density at radius 1 is 0.463 bits per heavy atom. The number of benzene rings is 5. The molecule has 0 saturated carbocycles. The first-order chi connectivity index (χ1) is 39.0. The van der Waals surface area contributed by atoms with E-state index in [1.54, 1.807) is 54.6 Å². The lowest BCUT2D eigenvalue weighted by Gasteiger charge is -2.25. The van der Waals surface area contributed by atoms with Crippen molar-refractivity contribution in [1.82, 2.24) is 0 Å². The number of rotatable bonds is 35. The van der Waals surface area contributed by atoms with Crippen LogP contribution in [0.4, 0.5) is 0 Å². The molecule has 15 heteroatoms. The van der Waals surface area contributed by atoms with Crippen LogP contribution in [0.3, 0.4) is 0 Å². The molecular weight excluding hydrogens is 1020 g/mol. The molecule has 424 valence electrons. The molecule has 5 aromatic carbocycles. The Balaban J connectivity index is 0.985. The van der Waals surface area contributed by atoms with Crippen molar-refractivity contribution in [3.63, 3.8) is 0 Å². The number of hydrogen-bond donors (Lipinski definition) is 0. The van der Waals surface area contributed by atoms with Crippen molar-refractivity contribution in [3.8, 4) is 28.7 Å². The second-order valence-corrected chi connectivity index (χ2v) is 19.3. The molecule has 0 aliphatic heterocycles. The van der Waals surface area contributed by atoms with Crippen LogP contribution in [0.2, 0.25) is 0 Å². The van der Waals surface area contributed by atoms with E-state index in [-0.39, 0.29) is 6.10 Å². The Labute approximate surface area is 469 Å². The van der Waals surface area contributed by atoms with E-state index in [2.05, 4.69) is 19.7 Å². The van der Waals surface area contributed by atoms with E-state index in [1.807, 2.05) is 43.3 Å². The fourth-order valence-corrected chi connectivity index (χ4v) is 8.91. The van der Waals surface area contributed by atoms with Gasteiger partial charge in [-0.1, -0.05) is 51.3 Å². The van der Waals surface area contributed by atoms with Crippen molar-refractivity contribution in [2.75, 3.05) is 39.6 Å². The molecule has 0 radical (unpaired) electrons. The van der Waals surface area contributed by atoms with Crippen molar-refractivity contribution < 1.29 is 71.4 Å². The molecule has 15 nitrogen and oxygen atoms in total.